The Morgan fingerprint density at radius 2 is 1.81 bits per heavy atom. The Morgan fingerprint density at radius 1 is 1.12 bits per heavy atom. The molecule has 3 rings (SSSR count). The van der Waals surface area contributed by atoms with Gasteiger partial charge in [0.25, 0.3) is 5.91 Å². The van der Waals surface area contributed by atoms with Crippen molar-refractivity contribution in [1.29, 1.82) is 0 Å². The summed E-state index contributed by atoms with van der Waals surface area (Å²) in [5.74, 6) is 0.318. The van der Waals surface area contributed by atoms with Gasteiger partial charge in [0, 0.05) is 45.4 Å². The lowest BCUT2D eigenvalue weighted by atomic mass is 9.86. The predicted octanol–water partition coefficient (Wildman–Crippen LogP) is 2.65. The van der Waals surface area contributed by atoms with Crippen molar-refractivity contribution >= 4 is 40.0 Å². The van der Waals surface area contributed by atoms with E-state index < -0.39 is 0 Å². The van der Waals surface area contributed by atoms with Crippen molar-refractivity contribution in [2.24, 2.45) is 0 Å². The van der Waals surface area contributed by atoms with Crippen LogP contribution in [0.4, 0.5) is 5.13 Å². The molecule has 0 saturated carbocycles. The summed E-state index contributed by atoms with van der Waals surface area (Å²) in [4.78, 5) is 28.7. The molecule has 2 amide bonds. The average molecular weight is 478 g/mol. The number of anilines is 1. The Labute approximate surface area is 197 Å². The number of nitrogens with one attached hydrogen (secondary N) is 1. The fourth-order valence-electron chi connectivity index (χ4n) is 3.26. The number of aromatic nitrogens is 2. The molecular formula is C22H31N5O3S2. The van der Waals surface area contributed by atoms with Crippen LogP contribution in [0.3, 0.4) is 0 Å². The smallest absolute Gasteiger partial charge is 0.253 e. The molecule has 2 aromatic rings. The van der Waals surface area contributed by atoms with Gasteiger partial charge in [-0.25, -0.2) is 0 Å². The minimum absolute atomic E-state index is 0.0496. The third-order valence-corrected chi connectivity index (χ3v) is 7.30. The first-order valence-corrected chi connectivity index (χ1v) is 12.4. The van der Waals surface area contributed by atoms with Crippen LogP contribution < -0.4 is 10.2 Å². The molecule has 0 spiro atoms. The van der Waals surface area contributed by atoms with Crippen molar-refractivity contribution in [2.75, 3.05) is 57.1 Å². The maximum absolute atomic E-state index is 12.9. The second-order valence-electron chi connectivity index (χ2n) is 8.59. The number of piperazine rings is 1. The van der Waals surface area contributed by atoms with Crippen LogP contribution in [0.1, 0.15) is 36.7 Å². The number of hydrogen-bond donors (Lipinski definition) is 1. The van der Waals surface area contributed by atoms with Gasteiger partial charge >= 0.3 is 0 Å². The average Bonchev–Trinajstić information content (AvgIpc) is 3.26. The maximum atomic E-state index is 12.9. The summed E-state index contributed by atoms with van der Waals surface area (Å²) in [6, 6.07) is 7.94. The number of nitrogens with zero attached hydrogens (tertiary/aromatic N) is 4. The lowest BCUT2D eigenvalue weighted by Gasteiger charge is -2.34. The summed E-state index contributed by atoms with van der Waals surface area (Å²) in [6.45, 7) is 10.2. The number of carbonyl (C=O) groups is 2. The maximum Gasteiger partial charge on any atom is 0.253 e. The Balaban J connectivity index is 1.47. The SMILES string of the molecule is COCCNC(=O)CSc1nnc(N2CCN(C(=O)c3ccc(C(C)(C)C)cc3)CC2)s1. The van der Waals surface area contributed by atoms with E-state index in [-0.39, 0.29) is 17.2 Å². The summed E-state index contributed by atoms with van der Waals surface area (Å²) in [7, 11) is 1.60. The lowest BCUT2D eigenvalue weighted by molar-refractivity contribution is -0.118. The van der Waals surface area contributed by atoms with Gasteiger partial charge in [0.1, 0.15) is 0 Å². The molecule has 1 aromatic carbocycles. The molecule has 1 saturated heterocycles. The van der Waals surface area contributed by atoms with Crippen LogP contribution >= 0.6 is 23.1 Å². The van der Waals surface area contributed by atoms with Crippen molar-refractivity contribution in [2.45, 2.75) is 30.5 Å². The van der Waals surface area contributed by atoms with Crippen molar-refractivity contribution in [1.82, 2.24) is 20.4 Å². The largest absolute Gasteiger partial charge is 0.383 e. The molecule has 0 bridgehead atoms. The predicted molar refractivity (Wildman–Crippen MR) is 129 cm³/mol. The highest BCUT2D eigenvalue weighted by atomic mass is 32.2. The molecule has 1 aromatic heterocycles. The van der Waals surface area contributed by atoms with Gasteiger partial charge in [0.2, 0.25) is 11.0 Å². The molecule has 0 unspecified atom stereocenters. The first-order chi connectivity index (χ1) is 15.3. The molecule has 1 N–H and O–H groups in total. The first-order valence-electron chi connectivity index (χ1n) is 10.6. The third-order valence-electron chi connectivity index (χ3n) is 5.19. The zero-order valence-corrected chi connectivity index (χ0v) is 20.7. The zero-order valence-electron chi connectivity index (χ0n) is 19.1. The second kappa shape index (κ2) is 11.1. The number of methoxy groups -OCH3 is 1. The molecule has 0 aliphatic carbocycles. The summed E-state index contributed by atoms with van der Waals surface area (Å²) >= 11 is 2.86. The van der Waals surface area contributed by atoms with Crippen LogP contribution in [0, 0.1) is 0 Å². The number of ether oxygens (including phenoxy) is 1. The van der Waals surface area contributed by atoms with Gasteiger partial charge in [-0.3, -0.25) is 9.59 Å². The Kier molecular flexibility index (Phi) is 8.50. The molecule has 1 aliphatic rings. The molecule has 0 atom stereocenters. The van der Waals surface area contributed by atoms with E-state index in [1.807, 2.05) is 29.2 Å². The molecular weight excluding hydrogens is 446 g/mol. The molecule has 2 heterocycles. The molecule has 32 heavy (non-hydrogen) atoms. The number of carbonyl (C=O) groups excluding carboxylic acids is 2. The number of benzene rings is 1. The Morgan fingerprint density at radius 3 is 2.44 bits per heavy atom. The van der Waals surface area contributed by atoms with Gasteiger partial charge in [-0.1, -0.05) is 56.0 Å². The number of amides is 2. The van der Waals surface area contributed by atoms with Gasteiger partial charge in [-0.15, -0.1) is 10.2 Å². The topological polar surface area (TPSA) is 87.7 Å². The molecule has 8 nitrogen and oxygen atoms in total. The summed E-state index contributed by atoms with van der Waals surface area (Å²) in [5, 5.41) is 12.1. The minimum atomic E-state index is -0.0496. The van der Waals surface area contributed by atoms with E-state index in [1.165, 1.54) is 28.7 Å². The van der Waals surface area contributed by atoms with Crippen molar-refractivity contribution in [3.05, 3.63) is 35.4 Å². The molecule has 0 radical (unpaired) electrons. The fraction of sp³-hybridized carbons (Fsp3) is 0.545. The van der Waals surface area contributed by atoms with E-state index in [0.717, 1.165) is 15.0 Å². The summed E-state index contributed by atoms with van der Waals surface area (Å²) in [5.41, 5.74) is 2.01. The van der Waals surface area contributed by atoms with E-state index >= 15 is 0 Å². The Bertz CT molecular complexity index is 903. The van der Waals surface area contributed by atoms with Gasteiger partial charge < -0.3 is 19.9 Å². The van der Waals surface area contributed by atoms with Crippen LogP contribution in [-0.2, 0) is 14.9 Å². The lowest BCUT2D eigenvalue weighted by Crippen LogP contribution is -2.48. The first kappa shape index (κ1) is 24.5. The van der Waals surface area contributed by atoms with E-state index in [0.29, 0.717) is 45.1 Å². The monoisotopic (exact) mass is 477 g/mol. The molecule has 1 fully saturated rings. The normalized spacial score (nSPS) is 14.5. The van der Waals surface area contributed by atoms with Crippen LogP contribution in [-0.4, -0.2) is 79.1 Å². The third kappa shape index (κ3) is 6.66. The van der Waals surface area contributed by atoms with E-state index in [1.54, 1.807) is 7.11 Å². The number of thioether (sulfide) groups is 1. The Hall–Kier alpha value is -2.17. The minimum Gasteiger partial charge on any atom is -0.383 e. The standard InChI is InChI=1S/C22H31N5O3S2/c1-22(2,3)17-7-5-16(6-8-17)19(29)26-10-12-27(13-11-26)20-24-25-21(32-20)31-15-18(28)23-9-14-30-4/h5-8H,9-15H2,1-4H3,(H,23,28). The van der Waals surface area contributed by atoms with Crippen LogP contribution in [0.2, 0.25) is 0 Å². The summed E-state index contributed by atoms with van der Waals surface area (Å²) in [6.07, 6.45) is 0. The highest BCUT2D eigenvalue weighted by Gasteiger charge is 2.25. The number of rotatable bonds is 8. The van der Waals surface area contributed by atoms with Crippen LogP contribution in [0.25, 0.3) is 0 Å². The van der Waals surface area contributed by atoms with Gasteiger partial charge in [0.05, 0.1) is 12.4 Å². The number of hydrogen-bond acceptors (Lipinski definition) is 8. The van der Waals surface area contributed by atoms with Gasteiger partial charge in [0.15, 0.2) is 4.34 Å². The molecule has 174 valence electrons. The van der Waals surface area contributed by atoms with Gasteiger partial charge in [-0.2, -0.15) is 0 Å². The molecule has 10 heteroatoms. The molecule has 1 aliphatic heterocycles. The van der Waals surface area contributed by atoms with Crippen molar-refractivity contribution < 1.29 is 14.3 Å². The van der Waals surface area contributed by atoms with Crippen molar-refractivity contribution in [3.8, 4) is 0 Å². The van der Waals surface area contributed by atoms with E-state index in [4.69, 9.17) is 4.74 Å². The highest BCUT2D eigenvalue weighted by Crippen LogP contribution is 2.29. The van der Waals surface area contributed by atoms with Crippen LogP contribution in [0.5, 0.6) is 0 Å². The fourth-order valence-corrected chi connectivity index (χ4v) is 4.98. The van der Waals surface area contributed by atoms with Crippen LogP contribution in [0.15, 0.2) is 28.6 Å². The zero-order chi connectivity index (χ0) is 23.1. The summed E-state index contributed by atoms with van der Waals surface area (Å²) < 4.78 is 5.68. The van der Waals surface area contributed by atoms with Gasteiger partial charge in [-0.05, 0) is 23.1 Å². The highest BCUT2D eigenvalue weighted by molar-refractivity contribution is 8.01. The quantitative estimate of drug-likeness (QED) is 0.462. The van der Waals surface area contributed by atoms with E-state index in [2.05, 4.69) is 41.2 Å². The van der Waals surface area contributed by atoms with Crippen molar-refractivity contribution in [3.63, 3.8) is 0 Å². The second-order valence-corrected chi connectivity index (χ2v) is 10.8. The van der Waals surface area contributed by atoms with E-state index in [9.17, 15) is 9.59 Å².